The van der Waals surface area contributed by atoms with Crippen LogP contribution in [0.4, 0.5) is 20.2 Å². The lowest BCUT2D eigenvalue weighted by Gasteiger charge is -2.39. The summed E-state index contributed by atoms with van der Waals surface area (Å²) in [5.74, 6) is -1.30. The summed E-state index contributed by atoms with van der Waals surface area (Å²) in [6.45, 7) is 2.44. The van der Waals surface area contributed by atoms with Crippen LogP contribution in [0.2, 0.25) is 0 Å². The van der Waals surface area contributed by atoms with Gasteiger partial charge < -0.3 is 25.4 Å². The Morgan fingerprint density at radius 2 is 1.84 bits per heavy atom. The molecule has 1 aliphatic heterocycles. The second-order valence-electron chi connectivity index (χ2n) is 10.9. The highest BCUT2D eigenvalue weighted by Gasteiger charge is 2.35. The molecule has 0 bridgehead atoms. The summed E-state index contributed by atoms with van der Waals surface area (Å²) < 4.78 is 39.1. The van der Waals surface area contributed by atoms with Crippen LogP contribution in [0.25, 0.3) is 0 Å². The van der Waals surface area contributed by atoms with E-state index in [4.69, 9.17) is 15.2 Å². The van der Waals surface area contributed by atoms with E-state index in [9.17, 15) is 18.4 Å². The fourth-order valence-corrected chi connectivity index (χ4v) is 6.13. The molecule has 0 aromatic heterocycles. The highest BCUT2D eigenvalue weighted by molar-refractivity contribution is 5.75. The Balaban J connectivity index is 1.49. The van der Waals surface area contributed by atoms with Gasteiger partial charge in [0.05, 0.1) is 6.10 Å². The summed E-state index contributed by atoms with van der Waals surface area (Å²) in [6.07, 6.45) is 8.77. The van der Waals surface area contributed by atoms with Crippen molar-refractivity contribution in [2.24, 2.45) is 17.6 Å². The van der Waals surface area contributed by atoms with E-state index in [2.05, 4.69) is 5.32 Å². The molecule has 0 amide bonds. The number of methoxy groups -OCH3 is 1. The third-order valence-corrected chi connectivity index (χ3v) is 8.13. The maximum atomic E-state index is 14.1. The van der Waals surface area contributed by atoms with Crippen LogP contribution in [-0.4, -0.2) is 46.0 Å². The molecule has 3 N–H and O–H groups in total. The minimum Gasteiger partial charge on any atom is -0.385 e. The molecule has 2 aliphatic rings. The lowest BCUT2D eigenvalue weighted by atomic mass is 9.84. The van der Waals surface area contributed by atoms with Gasteiger partial charge in [0.25, 0.3) is 10.9 Å². The Morgan fingerprint density at radius 3 is 2.55 bits per heavy atom. The zero-order valence-corrected chi connectivity index (χ0v) is 22.4. The molecule has 1 aliphatic carbocycles. The quantitative estimate of drug-likeness (QED) is 0.293. The normalized spacial score (nSPS) is 20.5. The molecule has 7 nitrogen and oxygen atoms in total. The number of benzene rings is 1. The van der Waals surface area contributed by atoms with E-state index in [1.54, 1.807) is 13.2 Å². The molecular formula is C29H41F2N3O4. The van der Waals surface area contributed by atoms with Gasteiger partial charge in [-0.3, -0.25) is 9.59 Å². The summed E-state index contributed by atoms with van der Waals surface area (Å²) >= 11 is 0. The van der Waals surface area contributed by atoms with E-state index in [1.807, 2.05) is 4.90 Å². The van der Waals surface area contributed by atoms with Crippen LogP contribution >= 0.6 is 0 Å². The number of hydrogen-bond acceptors (Lipinski definition) is 7. The molecule has 210 valence electrons. The fraction of sp³-hybridized carbons (Fsp3) is 0.655. The average Bonchev–Trinajstić information content (AvgIpc) is 2.94. The van der Waals surface area contributed by atoms with Gasteiger partial charge in [-0.25, -0.2) is 8.78 Å². The zero-order chi connectivity index (χ0) is 27.1. The molecule has 1 heterocycles. The lowest BCUT2D eigenvalue weighted by molar-refractivity contribution is -0.00257. The zero-order valence-electron chi connectivity index (χ0n) is 22.4. The van der Waals surface area contributed by atoms with Gasteiger partial charge in [-0.2, -0.15) is 0 Å². The number of hydrogen-bond donors (Lipinski definition) is 2. The number of piperidine rings is 1. The predicted octanol–water partition coefficient (Wildman–Crippen LogP) is 4.28. The molecule has 4 rings (SSSR count). The Morgan fingerprint density at radius 1 is 1.05 bits per heavy atom. The number of ether oxygens (including phenoxy) is 2. The van der Waals surface area contributed by atoms with Crippen molar-refractivity contribution in [3.8, 4) is 0 Å². The monoisotopic (exact) mass is 533 g/mol. The minimum absolute atomic E-state index is 0.0557. The molecule has 3 unspecified atom stereocenters. The first kappa shape index (κ1) is 28.6. The van der Waals surface area contributed by atoms with Gasteiger partial charge in [0.1, 0.15) is 11.4 Å². The highest BCUT2D eigenvalue weighted by Crippen LogP contribution is 2.36. The van der Waals surface area contributed by atoms with Gasteiger partial charge >= 0.3 is 0 Å². The van der Waals surface area contributed by atoms with Crippen LogP contribution < -0.4 is 26.8 Å². The van der Waals surface area contributed by atoms with Crippen LogP contribution in [-0.2, 0) is 9.47 Å². The average molecular weight is 534 g/mol. The second kappa shape index (κ2) is 13.6. The Kier molecular flexibility index (Phi) is 10.3. The molecule has 1 saturated heterocycles. The van der Waals surface area contributed by atoms with Crippen molar-refractivity contribution in [3.63, 3.8) is 0 Å². The van der Waals surface area contributed by atoms with Gasteiger partial charge in [-0.05, 0) is 49.3 Å². The van der Waals surface area contributed by atoms with Crippen molar-refractivity contribution < 1.29 is 18.3 Å². The molecule has 2 aromatic carbocycles. The molecule has 1 saturated carbocycles. The van der Waals surface area contributed by atoms with Crippen molar-refractivity contribution in [1.82, 2.24) is 0 Å². The first-order chi connectivity index (χ1) is 18.4. The first-order valence-corrected chi connectivity index (χ1v) is 14.0. The van der Waals surface area contributed by atoms with Gasteiger partial charge in [-0.15, -0.1) is 0 Å². The van der Waals surface area contributed by atoms with Crippen molar-refractivity contribution >= 4 is 11.4 Å². The molecule has 0 radical (unpaired) electrons. The van der Waals surface area contributed by atoms with Crippen molar-refractivity contribution in [2.45, 2.75) is 69.9 Å². The SMILES string of the molecule is COCCCOC(c1ccc(F)c(F)c1)C1CCCN(c2c(NC(CN)CC3CCCCC3)c(=O)c2=O)C1. The van der Waals surface area contributed by atoms with Crippen molar-refractivity contribution in [2.75, 3.05) is 50.2 Å². The van der Waals surface area contributed by atoms with Crippen LogP contribution in [0, 0.1) is 23.5 Å². The molecular weight excluding hydrogens is 492 g/mol. The number of nitrogens with zero attached hydrogens (tertiary/aromatic N) is 1. The molecule has 2 fully saturated rings. The summed E-state index contributed by atoms with van der Waals surface area (Å²) in [4.78, 5) is 27.3. The summed E-state index contributed by atoms with van der Waals surface area (Å²) in [7, 11) is 1.62. The third-order valence-electron chi connectivity index (χ3n) is 8.13. The topological polar surface area (TPSA) is 93.9 Å². The molecule has 3 atom stereocenters. The molecule has 9 heteroatoms. The van der Waals surface area contributed by atoms with E-state index < -0.39 is 28.6 Å². The number of nitrogens with two attached hydrogens (primary N) is 1. The van der Waals surface area contributed by atoms with E-state index in [0.717, 1.165) is 25.3 Å². The number of anilines is 2. The van der Waals surface area contributed by atoms with E-state index in [0.29, 0.717) is 62.1 Å². The Labute approximate surface area is 223 Å². The highest BCUT2D eigenvalue weighted by atomic mass is 19.2. The van der Waals surface area contributed by atoms with Crippen LogP contribution in [0.5, 0.6) is 0 Å². The largest absolute Gasteiger partial charge is 0.385 e. The summed E-state index contributed by atoms with van der Waals surface area (Å²) in [5, 5.41) is 3.32. The van der Waals surface area contributed by atoms with Crippen LogP contribution in [0.15, 0.2) is 27.8 Å². The van der Waals surface area contributed by atoms with Gasteiger partial charge in [0.2, 0.25) is 0 Å². The lowest BCUT2D eigenvalue weighted by Crippen LogP contribution is -2.48. The number of nitrogens with one attached hydrogen (secondary N) is 1. The van der Waals surface area contributed by atoms with E-state index in [1.165, 1.54) is 38.2 Å². The van der Waals surface area contributed by atoms with Gasteiger partial charge in [0.15, 0.2) is 11.6 Å². The predicted molar refractivity (Wildman–Crippen MR) is 145 cm³/mol. The maximum absolute atomic E-state index is 14.1. The smallest absolute Gasteiger partial charge is 0.253 e. The van der Waals surface area contributed by atoms with E-state index >= 15 is 0 Å². The Bertz CT molecular complexity index is 1110. The van der Waals surface area contributed by atoms with Crippen LogP contribution in [0.3, 0.4) is 0 Å². The number of halogens is 2. The van der Waals surface area contributed by atoms with Crippen molar-refractivity contribution in [3.05, 3.63) is 55.8 Å². The molecule has 2 aromatic rings. The Hall–Kier alpha value is -2.36. The standard InChI is InChI=1S/C29H41F2N3O4/c1-37-13-6-14-38-29(20-10-11-23(30)24(31)16-20)21-9-5-12-34(18-21)26-25(27(35)28(26)36)33-22(17-32)15-19-7-3-2-4-8-19/h10-11,16,19,21-22,29,33H,2-9,12-15,17-18,32H2,1H3. The second-order valence-corrected chi connectivity index (χ2v) is 10.9. The first-order valence-electron chi connectivity index (χ1n) is 14.0. The van der Waals surface area contributed by atoms with E-state index in [-0.39, 0.29) is 12.0 Å². The minimum atomic E-state index is -0.916. The van der Waals surface area contributed by atoms with Crippen molar-refractivity contribution in [1.29, 1.82) is 0 Å². The van der Waals surface area contributed by atoms with Gasteiger partial charge in [-0.1, -0.05) is 38.2 Å². The number of rotatable bonds is 13. The van der Waals surface area contributed by atoms with Crippen LogP contribution in [0.1, 0.15) is 69.5 Å². The fourth-order valence-electron chi connectivity index (χ4n) is 6.13. The van der Waals surface area contributed by atoms with Gasteiger partial charge in [0, 0.05) is 51.9 Å². The molecule has 0 spiro atoms. The third kappa shape index (κ3) is 6.79. The molecule has 38 heavy (non-hydrogen) atoms. The summed E-state index contributed by atoms with van der Waals surface area (Å²) in [6, 6.07) is 3.81. The maximum Gasteiger partial charge on any atom is 0.253 e. The summed E-state index contributed by atoms with van der Waals surface area (Å²) in [5.41, 5.74) is 6.44.